The Kier molecular flexibility index (Phi) is 5.33. The summed E-state index contributed by atoms with van der Waals surface area (Å²) in [6.45, 7) is 4.73. The Morgan fingerprint density at radius 3 is 2.75 bits per heavy atom. The molecule has 1 unspecified atom stereocenters. The first-order valence-electron chi connectivity index (χ1n) is 9.33. The molecule has 0 spiro atoms. The smallest absolute Gasteiger partial charge is 0.240 e. The Labute approximate surface area is 179 Å². The minimum atomic E-state index is -3.58. The third-order valence-corrected chi connectivity index (χ3v) is 8.15. The predicted molar refractivity (Wildman–Crippen MR) is 117 cm³/mol. The summed E-state index contributed by atoms with van der Waals surface area (Å²) >= 11 is 9.45. The van der Waals surface area contributed by atoms with E-state index in [1.165, 1.54) is 23.3 Å². The van der Waals surface area contributed by atoms with E-state index in [9.17, 15) is 8.42 Å². The van der Waals surface area contributed by atoms with Crippen LogP contribution in [0.4, 0.5) is 5.69 Å². The SMILES string of the molecule is C=C1CCC[C@H]2Nc3ccc(Br)cc3C12CCNS(=O)(=O)c1ccc(Cl)cc1. The van der Waals surface area contributed by atoms with Crippen molar-refractivity contribution in [2.45, 2.75) is 42.0 Å². The summed E-state index contributed by atoms with van der Waals surface area (Å²) in [5.74, 6) is 0. The van der Waals surface area contributed by atoms with E-state index in [-0.39, 0.29) is 16.4 Å². The number of hydrogen-bond acceptors (Lipinski definition) is 3. The molecule has 28 heavy (non-hydrogen) atoms. The molecule has 2 atom stereocenters. The van der Waals surface area contributed by atoms with Crippen LogP contribution < -0.4 is 10.0 Å². The monoisotopic (exact) mass is 480 g/mol. The molecule has 1 saturated carbocycles. The van der Waals surface area contributed by atoms with Gasteiger partial charge in [0.1, 0.15) is 0 Å². The maximum absolute atomic E-state index is 12.7. The molecule has 0 saturated heterocycles. The van der Waals surface area contributed by atoms with Gasteiger partial charge < -0.3 is 5.32 Å². The Bertz CT molecular complexity index is 1020. The second-order valence-electron chi connectivity index (χ2n) is 7.46. The molecule has 0 aromatic heterocycles. The lowest BCUT2D eigenvalue weighted by atomic mass is 9.63. The van der Waals surface area contributed by atoms with Gasteiger partial charge in [-0.05, 0) is 73.7 Å². The molecule has 0 radical (unpaired) electrons. The van der Waals surface area contributed by atoms with E-state index >= 15 is 0 Å². The zero-order valence-electron chi connectivity index (χ0n) is 15.3. The Balaban J connectivity index is 1.59. The van der Waals surface area contributed by atoms with E-state index in [0.717, 1.165) is 29.4 Å². The molecular formula is C21H22BrClN2O2S. The fourth-order valence-electron chi connectivity index (χ4n) is 4.57. The molecule has 4 rings (SSSR count). The highest BCUT2D eigenvalue weighted by molar-refractivity contribution is 9.10. The van der Waals surface area contributed by atoms with Crippen LogP contribution >= 0.6 is 27.5 Å². The second kappa shape index (κ2) is 7.48. The van der Waals surface area contributed by atoms with Crippen LogP contribution in [0.1, 0.15) is 31.2 Å². The summed E-state index contributed by atoms with van der Waals surface area (Å²) < 4.78 is 29.1. The molecule has 2 N–H and O–H groups in total. The summed E-state index contributed by atoms with van der Waals surface area (Å²) in [5.41, 5.74) is 3.26. The molecule has 1 aliphatic heterocycles. The number of benzene rings is 2. The fourth-order valence-corrected chi connectivity index (χ4v) is 6.09. The zero-order valence-corrected chi connectivity index (χ0v) is 18.5. The van der Waals surface area contributed by atoms with Gasteiger partial charge in [0, 0.05) is 33.2 Å². The van der Waals surface area contributed by atoms with Crippen molar-refractivity contribution in [2.24, 2.45) is 0 Å². The largest absolute Gasteiger partial charge is 0.381 e. The molecule has 4 nitrogen and oxygen atoms in total. The number of fused-ring (bicyclic) bond motifs is 3. The fraction of sp³-hybridized carbons (Fsp3) is 0.333. The summed E-state index contributed by atoms with van der Waals surface area (Å²) in [6, 6.07) is 12.7. The lowest BCUT2D eigenvalue weighted by Crippen LogP contribution is -2.45. The molecule has 2 aromatic rings. The van der Waals surface area contributed by atoms with Gasteiger partial charge in [-0.15, -0.1) is 0 Å². The van der Waals surface area contributed by atoms with E-state index in [0.29, 0.717) is 18.0 Å². The number of anilines is 1. The van der Waals surface area contributed by atoms with E-state index in [2.05, 4.69) is 44.7 Å². The molecule has 0 amide bonds. The molecule has 1 fully saturated rings. The topological polar surface area (TPSA) is 58.2 Å². The van der Waals surface area contributed by atoms with Crippen LogP contribution in [0.5, 0.6) is 0 Å². The second-order valence-corrected chi connectivity index (χ2v) is 10.6. The number of hydrogen-bond donors (Lipinski definition) is 2. The first-order chi connectivity index (χ1) is 13.3. The lowest BCUT2D eigenvalue weighted by molar-refractivity contribution is 0.344. The van der Waals surface area contributed by atoms with Crippen LogP contribution in [-0.4, -0.2) is 21.0 Å². The minimum absolute atomic E-state index is 0.223. The van der Waals surface area contributed by atoms with Crippen molar-refractivity contribution in [3.63, 3.8) is 0 Å². The van der Waals surface area contributed by atoms with Crippen LogP contribution in [0.2, 0.25) is 5.02 Å². The number of sulfonamides is 1. The highest BCUT2D eigenvalue weighted by Gasteiger charge is 2.49. The Morgan fingerprint density at radius 1 is 1.25 bits per heavy atom. The normalized spacial score (nSPS) is 23.8. The van der Waals surface area contributed by atoms with Crippen molar-refractivity contribution in [3.05, 3.63) is 69.7 Å². The maximum Gasteiger partial charge on any atom is 0.240 e. The highest BCUT2D eigenvalue weighted by Crippen LogP contribution is 2.53. The van der Waals surface area contributed by atoms with Crippen molar-refractivity contribution >= 4 is 43.2 Å². The van der Waals surface area contributed by atoms with Gasteiger partial charge in [0.15, 0.2) is 0 Å². The number of halogens is 2. The third-order valence-electron chi connectivity index (χ3n) is 5.92. The molecule has 1 heterocycles. The molecule has 1 aliphatic carbocycles. The van der Waals surface area contributed by atoms with Gasteiger partial charge in [0.25, 0.3) is 0 Å². The molecule has 2 aromatic carbocycles. The van der Waals surface area contributed by atoms with Gasteiger partial charge >= 0.3 is 0 Å². The van der Waals surface area contributed by atoms with Gasteiger partial charge in [-0.25, -0.2) is 13.1 Å². The first-order valence-corrected chi connectivity index (χ1v) is 12.0. The summed E-state index contributed by atoms with van der Waals surface area (Å²) in [5, 5.41) is 4.16. The van der Waals surface area contributed by atoms with Crippen molar-refractivity contribution in [3.8, 4) is 0 Å². The van der Waals surface area contributed by atoms with Crippen molar-refractivity contribution < 1.29 is 8.42 Å². The molecule has 7 heteroatoms. The van der Waals surface area contributed by atoms with Crippen molar-refractivity contribution in [1.29, 1.82) is 0 Å². The Hall–Kier alpha value is -1.34. The lowest BCUT2D eigenvalue weighted by Gasteiger charge is -2.42. The quantitative estimate of drug-likeness (QED) is 0.574. The highest BCUT2D eigenvalue weighted by atomic mass is 79.9. The number of rotatable bonds is 5. The van der Waals surface area contributed by atoms with Gasteiger partial charge in [-0.2, -0.15) is 0 Å². The first kappa shape index (κ1) is 20.0. The zero-order chi connectivity index (χ0) is 19.9. The van der Waals surface area contributed by atoms with E-state index in [4.69, 9.17) is 11.6 Å². The Morgan fingerprint density at radius 2 is 2.00 bits per heavy atom. The van der Waals surface area contributed by atoms with Crippen molar-refractivity contribution in [2.75, 3.05) is 11.9 Å². The van der Waals surface area contributed by atoms with E-state index in [1.807, 2.05) is 6.07 Å². The van der Waals surface area contributed by atoms with Crippen LogP contribution in [0.3, 0.4) is 0 Å². The maximum atomic E-state index is 12.7. The average Bonchev–Trinajstić information content (AvgIpc) is 2.97. The van der Waals surface area contributed by atoms with Crippen LogP contribution in [0.15, 0.2) is 64.0 Å². The molecular weight excluding hydrogens is 460 g/mol. The van der Waals surface area contributed by atoms with Gasteiger partial charge in [-0.3, -0.25) is 0 Å². The molecule has 2 aliphatic rings. The van der Waals surface area contributed by atoms with E-state index < -0.39 is 10.0 Å². The van der Waals surface area contributed by atoms with Crippen LogP contribution in [-0.2, 0) is 15.4 Å². The molecule has 148 valence electrons. The van der Waals surface area contributed by atoms with Gasteiger partial charge in [0.05, 0.1) is 4.90 Å². The average molecular weight is 482 g/mol. The van der Waals surface area contributed by atoms with Gasteiger partial charge in [0.2, 0.25) is 10.0 Å². The van der Waals surface area contributed by atoms with Crippen molar-refractivity contribution in [1.82, 2.24) is 4.72 Å². The van der Waals surface area contributed by atoms with E-state index in [1.54, 1.807) is 12.1 Å². The predicted octanol–water partition coefficient (Wildman–Crippen LogP) is 5.24. The summed E-state index contributed by atoms with van der Waals surface area (Å²) in [4.78, 5) is 0.223. The van der Waals surface area contributed by atoms with Gasteiger partial charge in [-0.1, -0.05) is 39.7 Å². The minimum Gasteiger partial charge on any atom is -0.381 e. The molecule has 0 bridgehead atoms. The number of nitrogens with one attached hydrogen (secondary N) is 2. The summed E-state index contributed by atoms with van der Waals surface area (Å²) in [7, 11) is -3.58. The van der Waals surface area contributed by atoms with Crippen LogP contribution in [0.25, 0.3) is 0 Å². The standard InChI is InChI=1S/C21H22BrClN2O2S/c1-14-3-2-4-20-21(14,18-13-15(22)5-10-19(18)25-20)11-12-24-28(26,27)17-8-6-16(23)7-9-17/h5-10,13,20,24-25H,1-4,11-12H2/t20-,21?/m1/s1. The van der Waals surface area contributed by atoms with Crippen LogP contribution in [0, 0.1) is 0 Å². The third kappa shape index (κ3) is 3.41. The summed E-state index contributed by atoms with van der Waals surface area (Å²) in [6.07, 6.45) is 3.78.